The van der Waals surface area contributed by atoms with Crippen LogP contribution in [0.25, 0.3) is 43.9 Å². The number of fused-ring (bicyclic) bond motifs is 16. The Morgan fingerprint density at radius 3 is 1.36 bits per heavy atom. The molecule has 6 heterocycles. The Bertz CT molecular complexity index is 4200. The van der Waals surface area contributed by atoms with Crippen LogP contribution in [0.2, 0.25) is 0 Å². The van der Waals surface area contributed by atoms with Crippen LogP contribution in [0.5, 0.6) is 0 Å². The van der Waals surface area contributed by atoms with E-state index in [0.29, 0.717) is 0 Å². The molecule has 0 N–H and O–H groups in total. The molecule has 2 aromatic heterocycles. The minimum atomic E-state index is -0.352. The molecule has 4 aliphatic rings. The van der Waals surface area contributed by atoms with Crippen molar-refractivity contribution in [1.82, 2.24) is 0 Å². The summed E-state index contributed by atoms with van der Waals surface area (Å²) in [5.41, 5.74) is 23.9. The lowest BCUT2D eigenvalue weighted by Crippen LogP contribution is -2.67. The molecule has 70 heavy (non-hydrogen) atoms. The zero-order valence-electron chi connectivity index (χ0n) is 38.5. The van der Waals surface area contributed by atoms with Crippen molar-refractivity contribution >= 4 is 141 Å². The summed E-state index contributed by atoms with van der Waals surface area (Å²) in [6, 6.07) is 78.0. The van der Waals surface area contributed by atoms with Crippen LogP contribution in [-0.4, -0.2) is 13.4 Å². The molecule has 5 nitrogen and oxygen atoms in total. The highest BCUT2D eigenvalue weighted by Crippen LogP contribution is 2.50. The van der Waals surface area contributed by atoms with Crippen molar-refractivity contribution < 1.29 is 8.83 Å². The topological polar surface area (TPSA) is 36.0 Å². The smallest absolute Gasteiger partial charge is 0.252 e. The van der Waals surface area contributed by atoms with Crippen LogP contribution in [0.3, 0.4) is 0 Å². The van der Waals surface area contributed by atoms with E-state index in [-0.39, 0.29) is 18.8 Å². The van der Waals surface area contributed by atoms with Gasteiger partial charge in [0.2, 0.25) is 6.71 Å². The summed E-state index contributed by atoms with van der Waals surface area (Å²) < 4.78 is 14.0. The molecule has 0 atom stereocenters. The number of para-hydroxylation sites is 5. The van der Waals surface area contributed by atoms with Crippen molar-refractivity contribution in [2.24, 2.45) is 0 Å². The highest BCUT2D eigenvalue weighted by molar-refractivity contribution is 7.02. The summed E-state index contributed by atoms with van der Waals surface area (Å²) in [6.07, 6.45) is 0. The number of anilines is 9. The predicted octanol–water partition coefficient (Wildman–Crippen LogP) is 12.5. The van der Waals surface area contributed by atoms with Crippen LogP contribution < -0.4 is 47.5 Å². The standard InChI is InChI=1S/C63H41B2N3O2/c1-63(2)45-26-16-27-51-57(45)64(47-34-32-43-41-24-12-14-30-55(41)69-61(43)59(47)67(51)39-20-8-4-9-21-39)49-37-50-54(36-46(49)63)66(38-18-6-3-7-19-38)52-28-17-29-53-58(52)65(50)48-35-33-44-42-25-13-15-31-56(42)70-62(44)60(48)68(53)40-22-10-5-11-23-40/h3-37H,1-2H3. The van der Waals surface area contributed by atoms with Gasteiger partial charge in [-0.3, -0.25) is 0 Å². The lowest BCUT2D eigenvalue weighted by molar-refractivity contribution is 0.646. The van der Waals surface area contributed by atoms with Gasteiger partial charge in [-0.2, -0.15) is 0 Å². The summed E-state index contributed by atoms with van der Waals surface area (Å²) in [5.74, 6) is 0. The number of nitrogens with zero attached hydrogens (tertiary/aromatic N) is 3. The van der Waals surface area contributed by atoms with Gasteiger partial charge >= 0.3 is 0 Å². The third kappa shape index (κ3) is 4.88. The quantitative estimate of drug-likeness (QED) is 0.165. The summed E-state index contributed by atoms with van der Waals surface area (Å²) in [4.78, 5) is 7.47. The van der Waals surface area contributed by atoms with Gasteiger partial charge in [0, 0.05) is 66.8 Å². The molecular weight excluding hydrogens is 852 g/mol. The Balaban J connectivity index is 1.03. The molecule has 7 heteroatoms. The van der Waals surface area contributed by atoms with Gasteiger partial charge in [0.05, 0.1) is 11.4 Å². The maximum absolute atomic E-state index is 7.03. The van der Waals surface area contributed by atoms with Crippen molar-refractivity contribution in [3.8, 4) is 0 Å². The molecule has 10 aromatic carbocycles. The van der Waals surface area contributed by atoms with Gasteiger partial charge in [0.25, 0.3) is 6.71 Å². The second kappa shape index (κ2) is 13.7. The number of benzene rings is 10. The summed E-state index contributed by atoms with van der Waals surface area (Å²) in [6.45, 7) is 4.68. The van der Waals surface area contributed by atoms with Crippen LogP contribution in [0, 0.1) is 0 Å². The molecule has 0 saturated heterocycles. The normalized spacial score (nSPS) is 14.7. The molecule has 0 amide bonds. The van der Waals surface area contributed by atoms with E-state index in [9.17, 15) is 0 Å². The van der Waals surface area contributed by atoms with Crippen molar-refractivity contribution in [3.63, 3.8) is 0 Å². The van der Waals surface area contributed by atoms with Crippen molar-refractivity contribution in [3.05, 3.63) is 223 Å². The largest absolute Gasteiger partial charge is 0.454 e. The highest BCUT2D eigenvalue weighted by Gasteiger charge is 2.50. The molecule has 12 aromatic rings. The van der Waals surface area contributed by atoms with Gasteiger partial charge in [-0.1, -0.05) is 159 Å². The lowest BCUT2D eigenvalue weighted by atomic mass is 9.28. The summed E-state index contributed by atoms with van der Waals surface area (Å²) >= 11 is 0. The predicted molar refractivity (Wildman–Crippen MR) is 293 cm³/mol. The average Bonchev–Trinajstić information content (AvgIpc) is 4.00. The van der Waals surface area contributed by atoms with Gasteiger partial charge in [0.1, 0.15) is 11.2 Å². The first-order valence-corrected chi connectivity index (χ1v) is 24.4. The van der Waals surface area contributed by atoms with E-state index < -0.39 is 0 Å². The Labute approximate surface area is 405 Å². The van der Waals surface area contributed by atoms with Gasteiger partial charge in [0.15, 0.2) is 11.2 Å². The Hall–Kier alpha value is -8.67. The second-order valence-corrected chi connectivity index (χ2v) is 19.9. The first-order chi connectivity index (χ1) is 34.5. The average molecular weight is 894 g/mol. The van der Waals surface area contributed by atoms with Gasteiger partial charge in [-0.15, -0.1) is 0 Å². The number of rotatable bonds is 3. The molecule has 0 radical (unpaired) electrons. The molecule has 0 saturated carbocycles. The zero-order valence-corrected chi connectivity index (χ0v) is 38.5. The number of hydrogen-bond donors (Lipinski definition) is 0. The Kier molecular flexibility index (Phi) is 7.52. The fourth-order valence-corrected chi connectivity index (χ4v) is 13.2. The van der Waals surface area contributed by atoms with Gasteiger partial charge in [-0.05, 0) is 111 Å². The monoisotopic (exact) mass is 893 g/mol. The third-order valence-corrected chi connectivity index (χ3v) is 16.1. The molecule has 4 aliphatic heterocycles. The van der Waals surface area contributed by atoms with Crippen LogP contribution in [0.1, 0.15) is 25.0 Å². The summed E-state index contributed by atoms with van der Waals surface area (Å²) in [5, 5.41) is 4.49. The fourth-order valence-electron chi connectivity index (χ4n) is 13.2. The molecule has 16 rings (SSSR count). The third-order valence-electron chi connectivity index (χ3n) is 16.1. The van der Waals surface area contributed by atoms with E-state index in [1.807, 2.05) is 0 Å². The van der Waals surface area contributed by atoms with Crippen LogP contribution in [0.4, 0.5) is 51.2 Å². The molecule has 0 fully saturated rings. The van der Waals surface area contributed by atoms with Crippen molar-refractivity contribution in [2.45, 2.75) is 19.3 Å². The van der Waals surface area contributed by atoms with E-state index >= 15 is 0 Å². The van der Waals surface area contributed by atoms with Gasteiger partial charge in [-0.25, -0.2) is 0 Å². The molecular formula is C63H41B2N3O2. The lowest BCUT2D eigenvalue weighted by Gasteiger charge is -2.48. The van der Waals surface area contributed by atoms with E-state index in [1.165, 1.54) is 61.0 Å². The minimum Gasteiger partial charge on any atom is -0.454 e. The SMILES string of the molecule is CC1(C)c2cc3c(cc2B2c4ccc5c(oc6ccccc65)c4N(c4ccccc4)c4cccc1c42)B1c2ccc4c(oc5ccccc54)c2N(c2ccccc2)c2cccc(c21)N3c1ccccc1. The van der Waals surface area contributed by atoms with Crippen LogP contribution in [0.15, 0.2) is 221 Å². The zero-order chi connectivity index (χ0) is 46.0. The molecule has 0 spiro atoms. The number of hydrogen-bond acceptors (Lipinski definition) is 5. The van der Waals surface area contributed by atoms with Gasteiger partial charge < -0.3 is 23.5 Å². The maximum Gasteiger partial charge on any atom is 0.252 e. The molecule has 0 unspecified atom stereocenters. The fraction of sp³-hybridized carbons (Fsp3) is 0.0476. The highest BCUT2D eigenvalue weighted by atomic mass is 16.3. The molecule has 0 aliphatic carbocycles. The molecule has 0 bridgehead atoms. The minimum absolute atomic E-state index is 0.0735. The van der Waals surface area contributed by atoms with E-state index in [1.54, 1.807) is 0 Å². The van der Waals surface area contributed by atoms with Crippen molar-refractivity contribution in [2.75, 3.05) is 14.7 Å². The molecule has 326 valence electrons. The summed E-state index contributed by atoms with van der Waals surface area (Å²) in [7, 11) is 0. The van der Waals surface area contributed by atoms with E-state index in [4.69, 9.17) is 8.83 Å². The first-order valence-electron chi connectivity index (χ1n) is 24.4. The van der Waals surface area contributed by atoms with Crippen LogP contribution in [-0.2, 0) is 5.41 Å². The van der Waals surface area contributed by atoms with Crippen molar-refractivity contribution in [1.29, 1.82) is 0 Å². The number of furan rings is 2. The van der Waals surface area contributed by atoms with Crippen LogP contribution >= 0.6 is 0 Å². The Morgan fingerprint density at radius 1 is 0.343 bits per heavy atom. The Morgan fingerprint density at radius 2 is 0.800 bits per heavy atom. The van der Waals surface area contributed by atoms with E-state index in [0.717, 1.165) is 78.0 Å². The van der Waals surface area contributed by atoms with E-state index in [2.05, 4.69) is 241 Å². The second-order valence-electron chi connectivity index (χ2n) is 19.9. The maximum atomic E-state index is 7.03. The first kappa shape index (κ1) is 38.3.